The van der Waals surface area contributed by atoms with E-state index in [9.17, 15) is 18.0 Å². The zero-order valence-electron chi connectivity index (χ0n) is 14.4. The summed E-state index contributed by atoms with van der Waals surface area (Å²) in [6, 6.07) is 9.25. The average Bonchev–Trinajstić information content (AvgIpc) is 3.12. The Bertz CT molecular complexity index is 1080. The number of pyridine rings is 1. The van der Waals surface area contributed by atoms with E-state index in [1.54, 1.807) is 6.92 Å². The van der Waals surface area contributed by atoms with Crippen molar-refractivity contribution < 1.29 is 18.0 Å². The van der Waals surface area contributed by atoms with Gasteiger partial charge in [-0.2, -0.15) is 27.9 Å². The van der Waals surface area contributed by atoms with Crippen molar-refractivity contribution in [2.24, 2.45) is 4.99 Å². The highest BCUT2D eigenvalue weighted by atomic mass is 19.4. The molecule has 5 nitrogen and oxygen atoms in total. The number of rotatable bonds is 2. The summed E-state index contributed by atoms with van der Waals surface area (Å²) in [7, 11) is 0. The smallest absolute Gasteiger partial charge is 0.251 e. The number of alkyl halides is 3. The summed E-state index contributed by atoms with van der Waals surface area (Å²) >= 11 is 0. The molecule has 27 heavy (non-hydrogen) atoms. The predicted molar refractivity (Wildman–Crippen MR) is 92.8 cm³/mol. The van der Waals surface area contributed by atoms with Crippen LogP contribution < -0.4 is 0 Å². The zero-order valence-corrected chi connectivity index (χ0v) is 14.4. The molecule has 4 rings (SSSR count). The van der Waals surface area contributed by atoms with Gasteiger partial charge in [0, 0.05) is 17.3 Å². The van der Waals surface area contributed by atoms with Gasteiger partial charge in [-0.05, 0) is 31.5 Å². The largest absolute Gasteiger partial charge is 0.433 e. The summed E-state index contributed by atoms with van der Waals surface area (Å²) in [5.41, 5.74) is 3.33. The molecule has 3 aromatic rings. The van der Waals surface area contributed by atoms with E-state index >= 15 is 0 Å². The van der Waals surface area contributed by atoms with Gasteiger partial charge in [-0.1, -0.05) is 29.8 Å². The minimum atomic E-state index is -4.53. The van der Waals surface area contributed by atoms with Crippen molar-refractivity contribution in [3.63, 3.8) is 0 Å². The molecule has 1 amide bonds. The molecule has 1 aliphatic rings. The minimum absolute atomic E-state index is 0.261. The lowest BCUT2D eigenvalue weighted by Crippen LogP contribution is -2.10. The number of aliphatic imine (C=N–C) groups is 1. The molecule has 0 bridgehead atoms. The fraction of sp³-hybridized carbons (Fsp3) is 0.158. The highest BCUT2D eigenvalue weighted by Crippen LogP contribution is 2.33. The van der Waals surface area contributed by atoms with E-state index in [1.807, 2.05) is 31.2 Å². The molecule has 2 aromatic heterocycles. The van der Waals surface area contributed by atoms with Crippen LogP contribution in [0.5, 0.6) is 0 Å². The maximum Gasteiger partial charge on any atom is 0.433 e. The maximum absolute atomic E-state index is 12.8. The SMILES string of the molecule is Cc1ccc(-c2c(C)nn3c2C(c2ccc(C(F)(F)F)nc2)=NC3=O)cc1. The van der Waals surface area contributed by atoms with Crippen LogP contribution in [0.1, 0.15) is 28.2 Å². The van der Waals surface area contributed by atoms with Gasteiger partial charge in [-0.3, -0.25) is 4.98 Å². The first-order chi connectivity index (χ1) is 12.8. The number of carbonyl (C=O) groups excluding carboxylic acids is 1. The molecule has 0 saturated carbocycles. The number of hydrogen-bond donors (Lipinski definition) is 0. The Labute approximate surface area is 152 Å². The van der Waals surface area contributed by atoms with Gasteiger partial charge >= 0.3 is 12.2 Å². The van der Waals surface area contributed by atoms with Crippen molar-refractivity contribution in [1.82, 2.24) is 14.8 Å². The average molecular weight is 370 g/mol. The van der Waals surface area contributed by atoms with Crippen molar-refractivity contribution in [3.05, 3.63) is 70.8 Å². The molecule has 0 spiro atoms. The van der Waals surface area contributed by atoms with E-state index < -0.39 is 17.9 Å². The fourth-order valence-corrected chi connectivity index (χ4v) is 3.05. The summed E-state index contributed by atoms with van der Waals surface area (Å²) in [4.78, 5) is 19.7. The van der Waals surface area contributed by atoms with Crippen LogP contribution in [-0.2, 0) is 6.18 Å². The number of fused-ring (bicyclic) bond motifs is 1. The van der Waals surface area contributed by atoms with E-state index in [0.717, 1.165) is 29.0 Å². The Morgan fingerprint density at radius 2 is 1.63 bits per heavy atom. The first-order valence-corrected chi connectivity index (χ1v) is 8.09. The molecule has 1 aliphatic heterocycles. The van der Waals surface area contributed by atoms with Crippen molar-refractivity contribution in [3.8, 4) is 11.1 Å². The van der Waals surface area contributed by atoms with Crippen LogP contribution in [0.2, 0.25) is 0 Å². The third kappa shape index (κ3) is 2.83. The highest BCUT2D eigenvalue weighted by molar-refractivity contribution is 6.23. The molecule has 0 N–H and O–H groups in total. The van der Waals surface area contributed by atoms with E-state index in [0.29, 0.717) is 17.0 Å². The molecular weight excluding hydrogens is 357 g/mol. The summed E-state index contributed by atoms with van der Waals surface area (Å²) in [6.07, 6.45) is -3.46. The van der Waals surface area contributed by atoms with Crippen molar-refractivity contribution in [2.75, 3.05) is 0 Å². The summed E-state index contributed by atoms with van der Waals surface area (Å²) in [6.45, 7) is 3.74. The number of hydrogen-bond acceptors (Lipinski definition) is 3. The molecule has 0 atom stereocenters. The normalized spacial score (nSPS) is 13.7. The number of aromatic nitrogens is 3. The van der Waals surface area contributed by atoms with Crippen LogP contribution in [0.25, 0.3) is 11.1 Å². The van der Waals surface area contributed by atoms with E-state index in [-0.39, 0.29) is 5.71 Å². The lowest BCUT2D eigenvalue weighted by Gasteiger charge is -2.08. The highest BCUT2D eigenvalue weighted by Gasteiger charge is 2.34. The van der Waals surface area contributed by atoms with Gasteiger partial charge in [-0.25, -0.2) is 4.79 Å². The van der Waals surface area contributed by atoms with Crippen LogP contribution >= 0.6 is 0 Å². The second-order valence-electron chi connectivity index (χ2n) is 6.26. The third-order valence-corrected chi connectivity index (χ3v) is 4.34. The molecule has 1 aromatic carbocycles. The first kappa shape index (κ1) is 17.1. The minimum Gasteiger partial charge on any atom is -0.251 e. The van der Waals surface area contributed by atoms with Crippen molar-refractivity contribution in [1.29, 1.82) is 0 Å². The van der Waals surface area contributed by atoms with Gasteiger partial charge in [0.2, 0.25) is 0 Å². The van der Waals surface area contributed by atoms with Gasteiger partial charge in [0.15, 0.2) is 0 Å². The Balaban J connectivity index is 1.85. The Hall–Kier alpha value is -3.29. The van der Waals surface area contributed by atoms with Crippen LogP contribution in [0.15, 0.2) is 47.6 Å². The quantitative estimate of drug-likeness (QED) is 0.672. The van der Waals surface area contributed by atoms with Crippen LogP contribution in [0, 0.1) is 13.8 Å². The second-order valence-corrected chi connectivity index (χ2v) is 6.26. The molecule has 3 heterocycles. The monoisotopic (exact) mass is 370 g/mol. The number of nitrogens with zero attached hydrogens (tertiary/aromatic N) is 4. The Morgan fingerprint density at radius 1 is 0.963 bits per heavy atom. The van der Waals surface area contributed by atoms with Gasteiger partial charge in [0.05, 0.1) is 5.69 Å². The first-order valence-electron chi connectivity index (χ1n) is 8.09. The summed E-state index contributed by atoms with van der Waals surface area (Å²) in [5, 5.41) is 4.26. The lowest BCUT2D eigenvalue weighted by molar-refractivity contribution is -0.141. The van der Waals surface area contributed by atoms with Gasteiger partial charge in [0.25, 0.3) is 0 Å². The van der Waals surface area contributed by atoms with E-state index in [2.05, 4.69) is 15.1 Å². The maximum atomic E-state index is 12.8. The number of benzene rings is 1. The molecular formula is C19H13F3N4O. The Morgan fingerprint density at radius 3 is 2.22 bits per heavy atom. The number of aryl methyl sites for hydroxylation is 2. The molecule has 0 unspecified atom stereocenters. The molecule has 136 valence electrons. The number of amides is 1. The predicted octanol–water partition coefficient (Wildman–Crippen LogP) is 4.40. The van der Waals surface area contributed by atoms with Gasteiger partial charge in [0.1, 0.15) is 17.1 Å². The standard InChI is InChI=1S/C19H13F3N4O/c1-10-3-5-12(6-4-10)15-11(2)25-26-17(15)16(24-18(26)27)13-7-8-14(23-9-13)19(20,21)22/h3-9H,1-2H3. The van der Waals surface area contributed by atoms with E-state index in [1.165, 1.54) is 10.7 Å². The van der Waals surface area contributed by atoms with Crippen LogP contribution in [0.4, 0.5) is 18.0 Å². The number of carbonyl (C=O) groups is 1. The molecule has 0 saturated heterocycles. The van der Waals surface area contributed by atoms with E-state index in [4.69, 9.17) is 0 Å². The zero-order chi connectivity index (χ0) is 19.3. The third-order valence-electron chi connectivity index (χ3n) is 4.34. The summed E-state index contributed by atoms with van der Waals surface area (Å²) < 4.78 is 39.5. The van der Waals surface area contributed by atoms with Gasteiger partial charge < -0.3 is 0 Å². The topological polar surface area (TPSA) is 60.1 Å². The van der Waals surface area contributed by atoms with Crippen LogP contribution in [0.3, 0.4) is 0 Å². The van der Waals surface area contributed by atoms with Gasteiger partial charge in [-0.15, -0.1) is 0 Å². The fourth-order valence-electron chi connectivity index (χ4n) is 3.05. The molecule has 0 radical (unpaired) electrons. The molecule has 0 aliphatic carbocycles. The van der Waals surface area contributed by atoms with Crippen LogP contribution in [-0.4, -0.2) is 26.5 Å². The van der Waals surface area contributed by atoms with Crippen molar-refractivity contribution >= 4 is 11.7 Å². The second kappa shape index (κ2) is 5.87. The summed E-state index contributed by atoms with van der Waals surface area (Å²) in [5.74, 6) is 0. The Kier molecular flexibility index (Phi) is 3.73. The lowest BCUT2D eigenvalue weighted by atomic mass is 9.98. The van der Waals surface area contributed by atoms with Crippen molar-refractivity contribution in [2.45, 2.75) is 20.0 Å². The molecule has 0 fully saturated rings. The number of halogens is 3. The molecule has 8 heteroatoms.